The van der Waals surface area contributed by atoms with Gasteiger partial charge in [0.15, 0.2) is 0 Å². The number of hydrogen-bond donors (Lipinski definition) is 2. The van der Waals surface area contributed by atoms with Gasteiger partial charge in [0.25, 0.3) is 5.91 Å². The summed E-state index contributed by atoms with van der Waals surface area (Å²) in [6, 6.07) is -0.292. The molecule has 22 heavy (non-hydrogen) atoms. The van der Waals surface area contributed by atoms with Crippen LogP contribution in [0.25, 0.3) is 0 Å². The van der Waals surface area contributed by atoms with Gasteiger partial charge in [-0.05, 0) is 17.9 Å². The van der Waals surface area contributed by atoms with Gasteiger partial charge in [-0.3, -0.25) is 4.79 Å². The molecule has 0 aliphatic carbocycles. The maximum atomic E-state index is 12.6. The molecule has 1 aromatic rings. The summed E-state index contributed by atoms with van der Waals surface area (Å²) in [7, 11) is -4.91. The van der Waals surface area contributed by atoms with Crippen LogP contribution in [-0.4, -0.2) is 37.2 Å². The Morgan fingerprint density at radius 3 is 2.55 bits per heavy atom. The SMILES string of the molecule is CCCCC(NC(=O)c1sccc1S(=O)(=O)C(F)F)C(=O)O. The number of carboxylic acid groups (broad SMARTS) is 1. The Balaban J connectivity index is 3.00. The molecule has 1 atom stereocenters. The number of alkyl halides is 2. The number of sulfone groups is 1. The van der Waals surface area contributed by atoms with E-state index >= 15 is 0 Å². The van der Waals surface area contributed by atoms with Gasteiger partial charge in [0.05, 0.1) is 4.90 Å². The summed E-state index contributed by atoms with van der Waals surface area (Å²) in [5, 5.41) is 12.4. The summed E-state index contributed by atoms with van der Waals surface area (Å²) in [6.45, 7) is 1.84. The van der Waals surface area contributed by atoms with Gasteiger partial charge in [-0.15, -0.1) is 11.3 Å². The molecule has 0 saturated heterocycles. The van der Waals surface area contributed by atoms with E-state index in [9.17, 15) is 26.8 Å². The minimum Gasteiger partial charge on any atom is -0.480 e. The predicted molar refractivity (Wildman–Crippen MR) is 75.9 cm³/mol. The van der Waals surface area contributed by atoms with E-state index in [1.807, 2.05) is 6.92 Å². The number of carbonyl (C=O) groups excluding carboxylic acids is 1. The number of carbonyl (C=O) groups is 2. The third kappa shape index (κ3) is 4.23. The standard InChI is InChI=1S/C12H15F2NO5S2/c1-2-3-4-7(11(17)18)15-10(16)9-8(5-6-21-9)22(19,20)12(13)14/h5-7,12H,2-4H2,1H3,(H,15,16)(H,17,18). The lowest BCUT2D eigenvalue weighted by Gasteiger charge is -2.14. The molecule has 1 amide bonds. The summed E-state index contributed by atoms with van der Waals surface area (Å²) in [5.74, 6) is -5.90. The molecule has 0 saturated carbocycles. The van der Waals surface area contributed by atoms with Crippen LogP contribution in [0.4, 0.5) is 8.78 Å². The zero-order chi connectivity index (χ0) is 16.9. The van der Waals surface area contributed by atoms with Crippen molar-refractivity contribution < 1.29 is 31.9 Å². The molecule has 1 heterocycles. The van der Waals surface area contributed by atoms with Crippen molar-refractivity contribution >= 4 is 33.1 Å². The van der Waals surface area contributed by atoms with Crippen LogP contribution in [-0.2, 0) is 14.6 Å². The maximum Gasteiger partial charge on any atom is 0.341 e. The number of hydrogen-bond acceptors (Lipinski definition) is 5. The first-order valence-corrected chi connectivity index (χ1v) is 8.77. The van der Waals surface area contributed by atoms with Gasteiger partial charge in [-0.1, -0.05) is 19.8 Å². The molecule has 1 rings (SSSR count). The molecule has 1 aromatic heterocycles. The summed E-state index contributed by atoms with van der Waals surface area (Å²) >= 11 is 0.662. The summed E-state index contributed by atoms with van der Waals surface area (Å²) in [4.78, 5) is 21.8. The van der Waals surface area contributed by atoms with Crippen molar-refractivity contribution in [1.82, 2.24) is 5.32 Å². The molecule has 0 fully saturated rings. The summed E-state index contributed by atoms with van der Waals surface area (Å²) in [5.41, 5.74) is 0. The molecule has 124 valence electrons. The van der Waals surface area contributed by atoms with Gasteiger partial charge in [-0.2, -0.15) is 8.78 Å². The second kappa shape index (κ2) is 7.63. The molecule has 0 radical (unpaired) electrons. The lowest BCUT2D eigenvalue weighted by atomic mass is 10.1. The van der Waals surface area contributed by atoms with Crippen LogP contribution >= 0.6 is 11.3 Å². The average molecular weight is 355 g/mol. The third-order valence-electron chi connectivity index (χ3n) is 2.83. The van der Waals surface area contributed by atoms with Gasteiger partial charge < -0.3 is 10.4 Å². The number of amides is 1. The van der Waals surface area contributed by atoms with Crippen molar-refractivity contribution in [3.8, 4) is 0 Å². The Morgan fingerprint density at radius 2 is 2.05 bits per heavy atom. The molecule has 0 aliphatic rings. The Morgan fingerprint density at radius 1 is 1.41 bits per heavy atom. The normalized spacial score (nSPS) is 13.1. The highest BCUT2D eigenvalue weighted by atomic mass is 32.2. The highest BCUT2D eigenvalue weighted by Crippen LogP contribution is 2.26. The van der Waals surface area contributed by atoms with Crippen LogP contribution in [0, 0.1) is 0 Å². The van der Waals surface area contributed by atoms with E-state index in [1.165, 1.54) is 5.38 Å². The van der Waals surface area contributed by atoms with Crippen LogP contribution in [0.2, 0.25) is 0 Å². The molecular formula is C12H15F2NO5S2. The lowest BCUT2D eigenvalue weighted by Crippen LogP contribution is -2.40. The molecule has 0 aliphatic heterocycles. The lowest BCUT2D eigenvalue weighted by molar-refractivity contribution is -0.139. The first-order chi connectivity index (χ1) is 10.2. The Hall–Kier alpha value is -1.55. The molecule has 2 N–H and O–H groups in total. The largest absolute Gasteiger partial charge is 0.480 e. The fourth-order valence-corrected chi connectivity index (χ4v) is 3.74. The van der Waals surface area contributed by atoms with Gasteiger partial charge in [0.2, 0.25) is 9.84 Å². The van der Waals surface area contributed by atoms with Crippen molar-refractivity contribution in [3.63, 3.8) is 0 Å². The van der Waals surface area contributed by atoms with E-state index in [0.29, 0.717) is 24.2 Å². The van der Waals surface area contributed by atoms with Crippen molar-refractivity contribution in [2.75, 3.05) is 0 Å². The number of unbranched alkanes of at least 4 members (excludes halogenated alkanes) is 1. The second-order valence-electron chi connectivity index (χ2n) is 4.43. The van der Waals surface area contributed by atoms with E-state index < -0.39 is 43.3 Å². The van der Waals surface area contributed by atoms with Crippen LogP contribution in [0.15, 0.2) is 16.3 Å². The third-order valence-corrected chi connectivity index (χ3v) is 5.29. The molecular weight excluding hydrogens is 340 g/mol. The second-order valence-corrected chi connectivity index (χ2v) is 7.23. The molecule has 1 unspecified atom stereocenters. The predicted octanol–water partition coefficient (Wildman–Crippen LogP) is 2.12. The highest BCUT2D eigenvalue weighted by Gasteiger charge is 2.33. The molecule has 6 nitrogen and oxygen atoms in total. The average Bonchev–Trinajstić information content (AvgIpc) is 2.92. The highest BCUT2D eigenvalue weighted by molar-refractivity contribution is 7.92. The fraction of sp³-hybridized carbons (Fsp3) is 0.500. The van der Waals surface area contributed by atoms with Crippen LogP contribution < -0.4 is 5.32 Å². The van der Waals surface area contributed by atoms with Crippen molar-refractivity contribution in [2.24, 2.45) is 0 Å². The Kier molecular flexibility index (Phi) is 6.42. The van der Waals surface area contributed by atoms with Crippen molar-refractivity contribution in [1.29, 1.82) is 0 Å². The van der Waals surface area contributed by atoms with Gasteiger partial charge in [0.1, 0.15) is 10.9 Å². The topological polar surface area (TPSA) is 101 Å². The smallest absolute Gasteiger partial charge is 0.341 e. The van der Waals surface area contributed by atoms with Gasteiger partial charge in [0, 0.05) is 0 Å². The number of carboxylic acids is 1. The van der Waals surface area contributed by atoms with E-state index in [-0.39, 0.29) is 6.42 Å². The van der Waals surface area contributed by atoms with Gasteiger partial charge in [-0.25, -0.2) is 13.2 Å². The Labute approximate surface area is 130 Å². The number of halogens is 2. The quantitative estimate of drug-likeness (QED) is 0.744. The van der Waals surface area contributed by atoms with Crippen LogP contribution in [0.5, 0.6) is 0 Å². The van der Waals surface area contributed by atoms with Crippen LogP contribution in [0.1, 0.15) is 35.9 Å². The summed E-state index contributed by atoms with van der Waals surface area (Å²) in [6.07, 6.45) is 1.42. The Bertz CT molecular complexity index is 642. The van der Waals surface area contributed by atoms with Crippen LogP contribution in [0.3, 0.4) is 0 Å². The minimum absolute atomic E-state index is 0.167. The first-order valence-electron chi connectivity index (χ1n) is 6.35. The van der Waals surface area contributed by atoms with Gasteiger partial charge >= 0.3 is 11.7 Å². The first kappa shape index (κ1) is 18.5. The monoisotopic (exact) mass is 355 g/mol. The zero-order valence-electron chi connectivity index (χ0n) is 11.6. The number of nitrogens with one attached hydrogen (secondary N) is 1. The van der Waals surface area contributed by atoms with E-state index in [1.54, 1.807) is 0 Å². The van der Waals surface area contributed by atoms with E-state index in [2.05, 4.69) is 5.32 Å². The molecule has 0 aromatic carbocycles. The molecule has 10 heteroatoms. The van der Waals surface area contributed by atoms with E-state index in [0.717, 1.165) is 6.07 Å². The molecule has 0 spiro atoms. The zero-order valence-corrected chi connectivity index (χ0v) is 13.2. The molecule has 0 bridgehead atoms. The van der Waals surface area contributed by atoms with Crippen molar-refractivity contribution in [2.45, 2.75) is 42.9 Å². The van der Waals surface area contributed by atoms with Crippen molar-refractivity contribution in [3.05, 3.63) is 16.3 Å². The minimum atomic E-state index is -4.91. The number of thiophene rings is 1. The van der Waals surface area contributed by atoms with E-state index in [4.69, 9.17) is 5.11 Å². The number of rotatable bonds is 8. The fourth-order valence-electron chi connectivity index (χ4n) is 1.67. The maximum absolute atomic E-state index is 12.6. The number of aliphatic carboxylic acids is 1. The summed E-state index contributed by atoms with van der Waals surface area (Å²) < 4.78 is 48.1.